The van der Waals surface area contributed by atoms with Gasteiger partial charge < -0.3 is 19.3 Å². The average molecular weight is 626 g/mol. The van der Waals surface area contributed by atoms with E-state index < -0.39 is 5.60 Å². The minimum absolute atomic E-state index is 0.115. The third-order valence-corrected chi connectivity index (χ3v) is 9.90. The third-order valence-electron chi connectivity index (χ3n) is 8.35. The Labute approximate surface area is 249 Å². The number of anilines is 1. The maximum Gasteiger partial charge on any atom is 0.410 e. The van der Waals surface area contributed by atoms with Crippen molar-refractivity contribution >= 4 is 50.5 Å². The molecule has 1 saturated carbocycles. The monoisotopic (exact) mass is 624 g/mol. The summed E-state index contributed by atoms with van der Waals surface area (Å²) in [7, 11) is 0. The highest BCUT2D eigenvalue weighted by Gasteiger charge is 2.48. The number of benzene rings is 2. The summed E-state index contributed by atoms with van der Waals surface area (Å²) in [6, 6.07) is 12.8. The normalized spacial score (nSPS) is 20.4. The number of rotatable bonds is 9. The Morgan fingerprint density at radius 3 is 2.55 bits per heavy atom. The van der Waals surface area contributed by atoms with E-state index in [9.17, 15) is 4.79 Å². The lowest BCUT2D eigenvalue weighted by Crippen LogP contribution is -2.50. The average Bonchev–Trinajstić information content (AvgIpc) is 3.58. The summed E-state index contributed by atoms with van der Waals surface area (Å²) in [6.07, 6.45) is 3.87. The molecule has 40 heavy (non-hydrogen) atoms. The van der Waals surface area contributed by atoms with Gasteiger partial charge in [-0.25, -0.2) is 14.8 Å². The van der Waals surface area contributed by atoms with Crippen molar-refractivity contribution in [1.82, 2.24) is 14.9 Å². The minimum Gasteiger partial charge on any atom is -0.485 e. The standard InChI is InChI=1S/C31H37BrN4O3S/c1-5-31(3,4)39-30(37)36-17-21-14-22(36)16-35(21)28-24-15-23(20-12-13-20)25(32)27(26(24)33-29(34-28)40-6-2)38-18-19-10-8-7-9-11-19/h7-11,15,20-22H,5-6,12-14,16-18H2,1-4H3. The molecule has 1 aromatic heterocycles. The number of carbonyl (C=O) groups excluding carboxylic acids is 1. The number of thioether (sulfide) groups is 1. The van der Waals surface area contributed by atoms with Crippen LogP contribution in [0.1, 0.15) is 70.4 Å². The van der Waals surface area contributed by atoms with Crippen LogP contribution >= 0.6 is 27.7 Å². The van der Waals surface area contributed by atoms with Crippen LogP contribution < -0.4 is 9.64 Å². The number of halogens is 1. The van der Waals surface area contributed by atoms with Crippen molar-refractivity contribution in [2.24, 2.45) is 0 Å². The Kier molecular flexibility index (Phi) is 7.63. The van der Waals surface area contributed by atoms with Gasteiger partial charge in [0, 0.05) is 18.5 Å². The molecule has 2 bridgehead atoms. The third kappa shape index (κ3) is 5.39. The van der Waals surface area contributed by atoms with Gasteiger partial charge >= 0.3 is 6.09 Å². The molecule has 212 valence electrons. The highest BCUT2D eigenvalue weighted by atomic mass is 79.9. The van der Waals surface area contributed by atoms with Gasteiger partial charge in [-0.3, -0.25) is 0 Å². The molecule has 3 heterocycles. The fraction of sp³-hybridized carbons (Fsp3) is 0.516. The van der Waals surface area contributed by atoms with E-state index in [4.69, 9.17) is 19.4 Å². The molecular formula is C31H37BrN4O3S. The van der Waals surface area contributed by atoms with Crippen LogP contribution in [0.2, 0.25) is 0 Å². The van der Waals surface area contributed by atoms with Gasteiger partial charge in [-0.05, 0) is 84.3 Å². The van der Waals surface area contributed by atoms with E-state index in [0.29, 0.717) is 19.1 Å². The van der Waals surface area contributed by atoms with Gasteiger partial charge in [0.25, 0.3) is 0 Å². The van der Waals surface area contributed by atoms with Crippen molar-refractivity contribution in [1.29, 1.82) is 0 Å². The van der Waals surface area contributed by atoms with Crippen LogP contribution in [0, 0.1) is 0 Å². The summed E-state index contributed by atoms with van der Waals surface area (Å²) in [6.45, 7) is 9.96. The van der Waals surface area contributed by atoms with Crippen molar-refractivity contribution in [2.75, 3.05) is 23.7 Å². The van der Waals surface area contributed by atoms with E-state index in [1.54, 1.807) is 11.8 Å². The van der Waals surface area contributed by atoms with Crippen LogP contribution in [0.15, 0.2) is 46.0 Å². The molecule has 6 rings (SSSR count). The van der Waals surface area contributed by atoms with E-state index in [0.717, 1.165) is 62.8 Å². The Morgan fingerprint density at radius 1 is 1.12 bits per heavy atom. The highest BCUT2D eigenvalue weighted by Crippen LogP contribution is 2.50. The molecule has 7 nitrogen and oxygen atoms in total. The molecule has 2 aromatic carbocycles. The fourth-order valence-electron chi connectivity index (χ4n) is 5.68. The number of ether oxygens (including phenoxy) is 2. The summed E-state index contributed by atoms with van der Waals surface area (Å²) in [5.74, 6) is 3.15. The predicted molar refractivity (Wildman–Crippen MR) is 163 cm³/mol. The Balaban J connectivity index is 1.37. The summed E-state index contributed by atoms with van der Waals surface area (Å²) < 4.78 is 13.4. The lowest BCUT2D eigenvalue weighted by Gasteiger charge is -2.36. The Morgan fingerprint density at radius 2 is 1.90 bits per heavy atom. The topological polar surface area (TPSA) is 67.8 Å². The zero-order valence-electron chi connectivity index (χ0n) is 23.7. The van der Waals surface area contributed by atoms with Gasteiger partial charge in [0.05, 0.1) is 16.6 Å². The molecular weight excluding hydrogens is 588 g/mol. The first-order chi connectivity index (χ1) is 19.3. The second kappa shape index (κ2) is 11.0. The smallest absolute Gasteiger partial charge is 0.410 e. The van der Waals surface area contributed by atoms with Crippen LogP contribution in [0.5, 0.6) is 5.75 Å². The fourth-order valence-corrected chi connectivity index (χ4v) is 6.99. The van der Waals surface area contributed by atoms with Gasteiger partial charge in [-0.1, -0.05) is 55.9 Å². The molecule has 0 spiro atoms. The largest absolute Gasteiger partial charge is 0.485 e. The number of fused-ring (bicyclic) bond motifs is 3. The highest BCUT2D eigenvalue weighted by molar-refractivity contribution is 9.10. The van der Waals surface area contributed by atoms with E-state index in [1.807, 2.05) is 43.9 Å². The molecule has 2 aliphatic heterocycles. The van der Waals surface area contributed by atoms with Crippen LogP contribution in [-0.4, -0.2) is 57.5 Å². The summed E-state index contributed by atoms with van der Waals surface area (Å²) in [5, 5.41) is 1.78. The Bertz CT molecular complexity index is 1410. The van der Waals surface area contributed by atoms with Gasteiger partial charge in [-0.15, -0.1) is 0 Å². The number of aromatic nitrogens is 2. The number of hydrogen-bond acceptors (Lipinski definition) is 7. The summed E-state index contributed by atoms with van der Waals surface area (Å²) in [5.41, 5.74) is 2.77. The van der Waals surface area contributed by atoms with Crippen LogP contribution in [-0.2, 0) is 11.3 Å². The second-order valence-corrected chi connectivity index (χ2v) is 13.7. The zero-order chi connectivity index (χ0) is 28.0. The van der Waals surface area contributed by atoms with Crippen LogP contribution in [0.25, 0.3) is 10.9 Å². The van der Waals surface area contributed by atoms with Crippen LogP contribution in [0.4, 0.5) is 10.6 Å². The molecule has 1 amide bonds. The first-order valence-electron chi connectivity index (χ1n) is 14.4. The van der Waals surface area contributed by atoms with Crippen LogP contribution in [0.3, 0.4) is 0 Å². The van der Waals surface area contributed by atoms with Crippen molar-refractivity contribution in [3.05, 3.63) is 52.0 Å². The molecule has 2 saturated heterocycles. The molecule has 2 atom stereocenters. The molecule has 0 radical (unpaired) electrons. The molecule has 1 aliphatic carbocycles. The number of carbonyl (C=O) groups is 1. The molecule has 9 heteroatoms. The summed E-state index contributed by atoms with van der Waals surface area (Å²) >= 11 is 5.56. The van der Waals surface area contributed by atoms with Crippen molar-refractivity contribution in [3.63, 3.8) is 0 Å². The molecule has 2 unspecified atom stereocenters. The van der Waals surface area contributed by atoms with Crippen molar-refractivity contribution < 1.29 is 14.3 Å². The van der Waals surface area contributed by atoms with Gasteiger partial charge in [0.1, 0.15) is 23.5 Å². The first kappa shape index (κ1) is 27.6. The summed E-state index contributed by atoms with van der Waals surface area (Å²) in [4.78, 5) is 27.5. The Hall–Kier alpha value is -2.52. The lowest BCUT2D eigenvalue weighted by atomic mass is 10.1. The molecule has 0 N–H and O–H groups in total. The molecule has 3 aliphatic rings. The number of hydrogen-bond donors (Lipinski definition) is 0. The maximum atomic E-state index is 13.0. The lowest BCUT2D eigenvalue weighted by molar-refractivity contribution is 0.00826. The zero-order valence-corrected chi connectivity index (χ0v) is 26.1. The van der Waals surface area contributed by atoms with E-state index in [-0.39, 0.29) is 18.2 Å². The number of amides is 1. The van der Waals surface area contributed by atoms with Gasteiger partial charge in [0.2, 0.25) is 0 Å². The first-order valence-corrected chi connectivity index (χ1v) is 16.2. The molecule has 3 aromatic rings. The quantitative estimate of drug-likeness (QED) is 0.180. The van der Waals surface area contributed by atoms with E-state index in [2.05, 4.69) is 46.0 Å². The molecule has 3 fully saturated rings. The van der Waals surface area contributed by atoms with E-state index >= 15 is 0 Å². The number of nitrogens with zero attached hydrogens (tertiary/aromatic N) is 4. The second-order valence-electron chi connectivity index (χ2n) is 11.6. The maximum absolute atomic E-state index is 13.0. The van der Waals surface area contributed by atoms with Crippen molar-refractivity contribution in [2.45, 2.75) is 88.7 Å². The van der Waals surface area contributed by atoms with Crippen molar-refractivity contribution in [3.8, 4) is 5.75 Å². The SMILES string of the molecule is CCSc1nc(N2CC3CC2CN3C(=O)OC(C)(C)CC)c2cc(C3CC3)c(Br)c(OCc3ccccc3)c2n1. The predicted octanol–water partition coefficient (Wildman–Crippen LogP) is 7.55. The number of piperazine rings is 1. The minimum atomic E-state index is -0.462. The van der Waals surface area contributed by atoms with Gasteiger partial charge in [-0.2, -0.15) is 0 Å². The van der Waals surface area contributed by atoms with E-state index in [1.165, 1.54) is 18.4 Å². The number of likely N-dealkylation sites (tertiary alicyclic amines) is 1. The van der Waals surface area contributed by atoms with Gasteiger partial charge in [0.15, 0.2) is 10.9 Å².